The van der Waals surface area contributed by atoms with Crippen molar-refractivity contribution in [2.75, 3.05) is 30.4 Å². The van der Waals surface area contributed by atoms with Crippen LogP contribution in [0, 0.1) is 12.8 Å². The molecule has 35 heavy (non-hydrogen) atoms. The molecule has 2 aromatic carbocycles. The van der Waals surface area contributed by atoms with Crippen LogP contribution in [0.15, 0.2) is 46.9 Å². The van der Waals surface area contributed by atoms with E-state index in [4.69, 9.17) is 4.74 Å². The zero-order valence-electron chi connectivity index (χ0n) is 19.2. The van der Waals surface area contributed by atoms with Gasteiger partial charge < -0.3 is 20.3 Å². The molecule has 1 atom stereocenters. The molecule has 4 rings (SSSR count). The molecule has 0 bridgehead atoms. The van der Waals surface area contributed by atoms with E-state index in [2.05, 4.69) is 36.8 Å². The van der Waals surface area contributed by atoms with Crippen LogP contribution in [-0.4, -0.2) is 48.1 Å². The molecule has 182 valence electrons. The largest absolute Gasteiger partial charge is 0.495 e. The number of carbonyl (C=O) groups is 3. The van der Waals surface area contributed by atoms with Crippen LogP contribution < -0.4 is 20.3 Å². The van der Waals surface area contributed by atoms with Crippen molar-refractivity contribution in [1.82, 2.24) is 15.5 Å². The second-order valence-electron chi connectivity index (χ2n) is 8.09. The summed E-state index contributed by atoms with van der Waals surface area (Å²) in [4.78, 5) is 39.3. The third-order valence-electron chi connectivity index (χ3n) is 5.53. The van der Waals surface area contributed by atoms with E-state index in [1.54, 1.807) is 30.2 Å². The SMILES string of the molecule is COc1ccc(C)cc1N1CC(C(=O)Nc2nnc(CCNC(=O)c3cccc(Br)c3)s2)CC1=O. The monoisotopic (exact) mass is 557 g/mol. The minimum absolute atomic E-state index is 0.107. The van der Waals surface area contributed by atoms with Crippen LogP contribution >= 0.6 is 27.3 Å². The minimum Gasteiger partial charge on any atom is -0.495 e. The summed E-state index contributed by atoms with van der Waals surface area (Å²) in [5.41, 5.74) is 2.22. The molecule has 1 aromatic heterocycles. The van der Waals surface area contributed by atoms with E-state index in [0.29, 0.717) is 40.1 Å². The van der Waals surface area contributed by atoms with Gasteiger partial charge in [0, 0.05) is 36.0 Å². The van der Waals surface area contributed by atoms with Crippen LogP contribution in [0.4, 0.5) is 10.8 Å². The van der Waals surface area contributed by atoms with E-state index in [-0.39, 0.29) is 30.7 Å². The molecule has 2 N–H and O–H groups in total. The summed E-state index contributed by atoms with van der Waals surface area (Å²) in [7, 11) is 1.55. The van der Waals surface area contributed by atoms with Crippen LogP contribution in [0.2, 0.25) is 0 Å². The van der Waals surface area contributed by atoms with Crippen molar-refractivity contribution in [2.45, 2.75) is 19.8 Å². The molecule has 11 heteroatoms. The Bertz CT molecular complexity index is 1260. The van der Waals surface area contributed by atoms with Crippen molar-refractivity contribution >= 4 is 55.8 Å². The summed E-state index contributed by atoms with van der Waals surface area (Å²) in [5.74, 6) is -0.508. The van der Waals surface area contributed by atoms with Crippen LogP contribution in [0.3, 0.4) is 0 Å². The summed E-state index contributed by atoms with van der Waals surface area (Å²) in [5, 5.41) is 14.8. The highest BCUT2D eigenvalue weighted by atomic mass is 79.9. The van der Waals surface area contributed by atoms with E-state index < -0.39 is 5.92 Å². The van der Waals surface area contributed by atoms with Gasteiger partial charge in [-0.15, -0.1) is 10.2 Å². The fourth-order valence-electron chi connectivity index (χ4n) is 3.75. The molecule has 1 aliphatic heterocycles. The summed E-state index contributed by atoms with van der Waals surface area (Å²) in [6, 6.07) is 12.7. The predicted molar refractivity (Wildman–Crippen MR) is 137 cm³/mol. The summed E-state index contributed by atoms with van der Waals surface area (Å²) >= 11 is 4.60. The highest BCUT2D eigenvalue weighted by molar-refractivity contribution is 9.10. The number of carbonyl (C=O) groups excluding carboxylic acids is 3. The van der Waals surface area contributed by atoms with Crippen molar-refractivity contribution in [3.63, 3.8) is 0 Å². The van der Waals surface area contributed by atoms with Gasteiger partial charge in [-0.1, -0.05) is 39.4 Å². The number of rotatable bonds is 8. The maximum Gasteiger partial charge on any atom is 0.251 e. The Kier molecular flexibility index (Phi) is 7.76. The van der Waals surface area contributed by atoms with Gasteiger partial charge in [-0.05, 0) is 42.8 Å². The first-order valence-corrected chi connectivity index (χ1v) is 12.6. The lowest BCUT2D eigenvalue weighted by molar-refractivity contribution is -0.122. The number of halogens is 1. The van der Waals surface area contributed by atoms with E-state index in [1.165, 1.54) is 11.3 Å². The van der Waals surface area contributed by atoms with E-state index in [9.17, 15) is 14.4 Å². The zero-order valence-corrected chi connectivity index (χ0v) is 21.6. The number of nitrogens with zero attached hydrogens (tertiary/aromatic N) is 3. The van der Waals surface area contributed by atoms with Gasteiger partial charge in [0.25, 0.3) is 5.91 Å². The van der Waals surface area contributed by atoms with Gasteiger partial charge in [0.15, 0.2) is 0 Å². The van der Waals surface area contributed by atoms with Crippen molar-refractivity contribution in [1.29, 1.82) is 0 Å². The lowest BCUT2D eigenvalue weighted by Gasteiger charge is -2.20. The van der Waals surface area contributed by atoms with E-state index in [0.717, 1.165) is 10.0 Å². The zero-order chi connectivity index (χ0) is 24.9. The molecule has 0 spiro atoms. The first-order valence-electron chi connectivity index (χ1n) is 11.0. The average molecular weight is 558 g/mol. The lowest BCUT2D eigenvalue weighted by Crippen LogP contribution is -2.28. The molecule has 0 saturated carbocycles. The molecule has 9 nitrogen and oxygen atoms in total. The number of ether oxygens (including phenoxy) is 1. The number of hydrogen-bond donors (Lipinski definition) is 2. The number of hydrogen-bond acceptors (Lipinski definition) is 7. The number of nitrogens with one attached hydrogen (secondary N) is 2. The lowest BCUT2D eigenvalue weighted by atomic mass is 10.1. The predicted octanol–water partition coefficient (Wildman–Crippen LogP) is 3.58. The van der Waals surface area contributed by atoms with Gasteiger partial charge in [-0.2, -0.15) is 0 Å². The summed E-state index contributed by atoms with van der Waals surface area (Å²) in [6.07, 6.45) is 0.590. The Morgan fingerprint density at radius 2 is 2.06 bits per heavy atom. The molecule has 3 amide bonds. The van der Waals surface area contributed by atoms with Gasteiger partial charge in [0.1, 0.15) is 10.8 Å². The molecule has 1 saturated heterocycles. The van der Waals surface area contributed by atoms with Crippen LogP contribution in [0.5, 0.6) is 5.75 Å². The highest BCUT2D eigenvalue weighted by Gasteiger charge is 2.36. The molecule has 0 radical (unpaired) electrons. The van der Waals surface area contributed by atoms with Gasteiger partial charge in [-0.25, -0.2) is 0 Å². The Balaban J connectivity index is 1.30. The summed E-state index contributed by atoms with van der Waals surface area (Å²) in [6.45, 7) is 2.59. The number of aryl methyl sites for hydroxylation is 1. The smallest absolute Gasteiger partial charge is 0.251 e. The van der Waals surface area contributed by atoms with Crippen molar-refractivity contribution in [2.24, 2.45) is 5.92 Å². The van der Waals surface area contributed by atoms with Crippen molar-refractivity contribution in [3.8, 4) is 5.75 Å². The molecule has 1 unspecified atom stereocenters. The molecular formula is C24H24BrN5O4S. The first kappa shape index (κ1) is 24.8. The molecule has 3 aromatic rings. The Morgan fingerprint density at radius 1 is 1.23 bits per heavy atom. The Hall–Kier alpha value is -3.31. The Labute approximate surface area is 215 Å². The van der Waals surface area contributed by atoms with Crippen LogP contribution in [0.25, 0.3) is 0 Å². The minimum atomic E-state index is -0.510. The molecule has 2 heterocycles. The number of amides is 3. The average Bonchev–Trinajstić information content (AvgIpc) is 3.45. The van der Waals surface area contributed by atoms with Gasteiger partial charge in [0.05, 0.1) is 18.7 Å². The molecule has 0 aliphatic carbocycles. The van der Waals surface area contributed by atoms with Gasteiger partial charge >= 0.3 is 0 Å². The molecular weight excluding hydrogens is 534 g/mol. The second kappa shape index (κ2) is 11.0. The summed E-state index contributed by atoms with van der Waals surface area (Å²) < 4.78 is 6.23. The first-order chi connectivity index (χ1) is 16.8. The number of methoxy groups -OCH3 is 1. The standard InChI is InChI=1S/C24H24BrN5O4S/c1-14-6-7-19(34-2)18(10-14)30-13-16(12-21(30)31)23(33)27-24-29-28-20(35-24)8-9-26-22(32)15-4-3-5-17(25)11-15/h3-7,10-11,16H,8-9,12-13H2,1-2H3,(H,26,32)(H,27,29,33). The molecule has 1 aliphatic rings. The van der Waals surface area contributed by atoms with Crippen LogP contribution in [-0.2, 0) is 16.0 Å². The number of anilines is 2. The third kappa shape index (κ3) is 6.04. The van der Waals surface area contributed by atoms with E-state index in [1.807, 2.05) is 31.2 Å². The quantitative estimate of drug-likeness (QED) is 0.437. The molecule has 1 fully saturated rings. The highest BCUT2D eigenvalue weighted by Crippen LogP contribution is 2.34. The van der Waals surface area contributed by atoms with E-state index >= 15 is 0 Å². The maximum atomic E-state index is 12.8. The second-order valence-corrected chi connectivity index (χ2v) is 10.1. The third-order valence-corrected chi connectivity index (χ3v) is 6.92. The number of benzene rings is 2. The van der Waals surface area contributed by atoms with Crippen molar-refractivity contribution in [3.05, 3.63) is 63.1 Å². The Morgan fingerprint density at radius 3 is 2.83 bits per heavy atom. The van der Waals surface area contributed by atoms with Crippen LogP contribution in [0.1, 0.15) is 27.3 Å². The fourth-order valence-corrected chi connectivity index (χ4v) is 4.90. The van der Waals surface area contributed by atoms with Gasteiger partial charge in [0.2, 0.25) is 16.9 Å². The normalized spacial score (nSPS) is 15.2. The van der Waals surface area contributed by atoms with Crippen molar-refractivity contribution < 1.29 is 19.1 Å². The van der Waals surface area contributed by atoms with Gasteiger partial charge in [-0.3, -0.25) is 14.4 Å². The topological polar surface area (TPSA) is 114 Å². The maximum absolute atomic E-state index is 12.8. The number of aromatic nitrogens is 2. The fraction of sp³-hybridized carbons (Fsp3) is 0.292.